The van der Waals surface area contributed by atoms with Crippen LogP contribution < -0.4 is 15.4 Å². The summed E-state index contributed by atoms with van der Waals surface area (Å²) in [6, 6.07) is 8.22. The van der Waals surface area contributed by atoms with Gasteiger partial charge in [-0.1, -0.05) is 26.0 Å². The van der Waals surface area contributed by atoms with Gasteiger partial charge in [-0.25, -0.2) is 0 Å². The van der Waals surface area contributed by atoms with E-state index in [4.69, 9.17) is 9.47 Å². The van der Waals surface area contributed by atoms with E-state index in [2.05, 4.69) is 24.5 Å². The molecule has 118 valence electrons. The van der Waals surface area contributed by atoms with Crippen molar-refractivity contribution in [2.75, 3.05) is 26.9 Å². The molecule has 0 spiro atoms. The number of benzene rings is 1. The summed E-state index contributed by atoms with van der Waals surface area (Å²) in [7, 11) is 1.64. The second-order valence-corrected chi connectivity index (χ2v) is 5.17. The standard InChI is InChI=1S/C16H26N2O3/c1-13(2)18-11-14-6-4-7-15(10-14)21-12-16(19)17-8-5-9-20-3/h4,6-7,10,13,18H,5,8-9,11-12H2,1-3H3,(H,17,19). The quantitative estimate of drug-likeness (QED) is 0.645. The molecule has 0 aliphatic heterocycles. The summed E-state index contributed by atoms with van der Waals surface area (Å²) in [6.45, 7) is 6.29. The molecule has 1 amide bonds. The molecule has 1 aromatic carbocycles. The molecule has 0 fully saturated rings. The molecule has 5 heteroatoms. The molecule has 21 heavy (non-hydrogen) atoms. The summed E-state index contributed by atoms with van der Waals surface area (Å²) in [4.78, 5) is 11.6. The fraction of sp³-hybridized carbons (Fsp3) is 0.562. The monoisotopic (exact) mass is 294 g/mol. The largest absolute Gasteiger partial charge is 0.484 e. The lowest BCUT2D eigenvalue weighted by molar-refractivity contribution is -0.123. The number of rotatable bonds is 10. The Hall–Kier alpha value is -1.59. The average Bonchev–Trinajstić information content (AvgIpc) is 2.48. The second-order valence-electron chi connectivity index (χ2n) is 5.17. The molecule has 0 aliphatic carbocycles. The van der Waals surface area contributed by atoms with Gasteiger partial charge in [-0.3, -0.25) is 4.79 Å². The predicted molar refractivity (Wildman–Crippen MR) is 83.4 cm³/mol. The van der Waals surface area contributed by atoms with E-state index in [0.717, 1.165) is 18.5 Å². The maximum Gasteiger partial charge on any atom is 0.257 e. The topological polar surface area (TPSA) is 59.6 Å². The number of hydrogen-bond donors (Lipinski definition) is 2. The normalized spacial score (nSPS) is 10.7. The number of carbonyl (C=O) groups excluding carboxylic acids is 1. The first-order valence-electron chi connectivity index (χ1n) is 7.32. The van der Waals surface area contributed by atoms with Gasteiger partial charge in [-0.15, -0.1) is 0 Å². The molecule has 0 atom stereocenters. The van der Waals surface area contributed by atoms with Crippen molar-refractivity contribution in [2.45, 2.75) is 32.9 Å². The first-order valence-corrected chi connectivity index (χ1v) is 7.32. The Morgan fingerprint density at radius 2 is 2.14 bits per heavy atom. The Kier molecular flexibility index (Phi) is 8.47. The molecular formula is C16H26N2O3. The zero-order chi connectivity index (χ0) is 15.5. The molecule has 0 radical (unpaired) electrons. The van der Waals surface area contributed by atoms with Crippen LogP contribution in [0.2, 0.25) is 0 Å². The van der Waals surface area contributed by atoms with Crippen molar-refractivity contribution < 1.29 is 14.3 Å². The molecule has 5 nitrogen and oxygen atoms in total. The minimum absolute atomic E-state index is 0.0358. The highest BCUT2D eigenvalue weighted by Crippen LogP contribution is 2.13. The van der Waals surface area contributed by atoms with Crippen LogP contribution in [0.4, 0.5) is 0 Å². The molecular weight excluding hydrogens is 268 g/mol. The predicted octanol–water partition coefficient (Wildman–Crippen LogP) is 1.72. The van der Waals surface area contributed by atoms with Crippen molar-refractivity contribution in [1.29, 1.82) is 0 Å². The van der Waals surface area contributed by atoms with Crippen LogP contribution in [0.15, 0.2) is 24.3 Å². The third-order valence-corrected chi connectivity index (χ3v) is 2.83. The van der Waals surface area contributed by atoms with E-state index in [9.17, 15) is 4.79 Å². The molecule has 0 saturated carbocycles. The summed E-state index contributed by atoms with van der Waals surface area (Å²) in [5.41, 5.74) is 1.14. The molecule has 0 saturated heterocycles. The fourth-order valence-corrected chi connectivity index (χ4v) is 1.71. The first-order chi connectivity index (χ1) is 10.1. The van der Waals surface area contributed by atoms with Crippen molar-refractivity contribution in [3.8, 4) is 5.75 Å². The van der Waals surface area contributed by atoms with Crippen LogP contribution in [-0.2, 0) is 16.1 Å². The van der Waals surface area contributed by atoms with E-state index in [1.807, 2.05) is 24.3 Å². The minimum atomic E-state index is -0.114. The van der Waals surface area contributed by atoms with Gasteiger partial charge in [0.25, 0.3) is 5.91 Å². The fourth-order valence-electron chi connectivity index (χ4n) is 1.71. The maximum absolute atomic E-state index is 11.6. The maximum atomic E-state index is 11.6. The van der Waals surface area contributed by atoms with Crippen molar-refractivity contribution in [1.82, 2.24) is 10.6 Å². The lowest BCUT2D eigenvalue weighted by Gasteiger charge is -2.10. The molecule has 0 unspecified atom stereocenters. The Labute approximate surface area is 127 Å². The van der Waals surface area contributed by atoms with E-state index >= 15 is 0 Å². The number of nitrogens with one attached hydrogen (secondary N) is 2. The summed E-state index contributed by atoms with van der Waals surface area (Å²) < 4.78 is 10.4. The van der Waals surface area contributed by atoms with Gasteiger partial charge in [-0.05, 0) is 24.1 Å². The van der Waals surface area contributed by atoms with Crippen molar-refractivity contribution in [3.05, 3.63) is 29.8 Å². The molecule has 2 N–H and O–H groups in total. The summed E-state index contributed by atoms with van der Waals surface area (Å²) >= 11 is 0. The van der Waals surface area contributed by atoms with Gasteiger partial charge in [0, 0.05) is 32.8 Å². The smallest absolute Gasteiger partial charge is 0.257 e. The first kappa shape index (κ1) is 17.5. The number of amides is 1. The third kappa shape index (κ3) is 8.32. The van der Waals surface area contributed by atoms with Gasteiger partial charge in [0.15, 0.2) is 6.61 Å². The van der Waals surface area contributed by atoms with E-state index in [-0.39, 0.29) is 12.5 Å². The van der Waals surface area contributed by atoms with Crippen LogP contribution in [0.25, 0.3) is 0 Å². The molecule has 0 bridgehead atoms. The van der Waals surface area contributed by atoms with Gasteiger partial charge in [0.2, 0.25) is 0 Å². The number of hydrogen-bond acceptors (Lipinski definition) is 4. The number of methoxy groups -OCH3 is 1. The molecule has 1 rings (SSSR count). The van der Waals surface area contributed by atoms with Gasteiger partial charge in [0.1, 0.15) is 5.75 Å². The summed E-state index contributed by atoms with van der Waals surface area (Å²) in [6.07, 6.45) is 0.804. The zero-order valence-corrected chi connectivity index (χ0v) is 13.1. The second kappa shape index (κ2) is 10.2. The highest BCUT2D eigenvalue weighted by Gasteiger charge is 2.03. The SMILES string of the molecule is COCCCNC(=O)COc1cccc(CNC(C)C)c1. The van der Waals surface area contributed by atoms with Crippen LogP contribution >= 0.6 is 0 Å². The molecule has 0 aliphatic rings. The highest BCUT2D eigenvalue weighted by atomic mass is 16.5. The third-order valence-electron chi connectivity index (χ3n) is 2.83. The highest BCUT2D eigenvalue weighted by molar-refractivity contribution is 5.77. The summed E-state index contributed by atoms with van der Waals surface area (Å²) in [5, 5.41) is 6.13. The summed E-state index contributed by atoms with van der Waals surface area (Å²) in [5.74, 6) is 0.599. The van der Waals surface area contributed by atoms with E-state index < -0.39 is 0 Å². The van der Waals surface area contributed by atoms with Crippen molar-refractivity contribution >= 4 is 5.91 Å². The van der Waals surface area contributed by atoms with Crippen LogP contribution in [0.3, 0.4) is 0 Å². The van der Waals surface area contributed by atoms with E-state index in [1.54, 1.807) is 7.11 Å². The van der Waals surface area contributed by atoms with Crippen molar-refractivity contribution in [3.63, 3.8) is 0 Å². The van der Waals surface area contributed by atoms with Crippen LogP contribution in [0.1, 0.15) is 25.8 Å². The Morgan fingerprint density at radius 1 is 1.33 bits per heavy atom. The van der Waals surface area contributed by atoms with Crippen LogP contribution in [0, 0.1) is 0 Å². The van der Waals surface area contributed by atoms with Gasteiger partial charge in [0.05, 0.1) is 0 Å². The lowest BCUT2D eigenvalue weighted by atomic mass is 10.2. The van der Waals surface area contributed by atoms with Crippen LogP contribution in [0.5, 0.6) is 5.75 Å². The molecule has 0 heterocycles. The van der Waals surface area contributed by atoms with Gasteiger partial charge >= 0.3 is 0 Å². The van der Waals surface area contributed by atoms with Gasteiger partial charge in [-0.2, -0.15) is 0 Å². The average molecular weight is 294 g/mol. The van der Waals surface area contributed by atoms with Gasteiger partial charge < -0.3 is 20.1 Å². The Bertz CT molecular complexity index is 422. The van der Waals surface area contributed by atoms with Crippen molar-refractivity contribution in [2.24, 2.45) is 0 Å². The Morgan fingerprint density at radius 3 is 2.86 bits per heavy atom. The van der Waals surface area contributed by atoms with E-state index in [1.165, 1.54) is 0 Å². The molecule has 0 aromatic heterocycles. The van der Waals surface area contributed by atoms with E-state index in [0.29, 0.717) is 24.9 Å². The number of ether oxygens (including phenoxy) is 2. The zero-order valence-electron chi connectivity index (χ0n) is 13.1. The number of carbonyl (C=O) groups is 1. The Balaban J connectivity index is 2.30. The minimum Gasteiger partial charge on any atom is -0.484 e. The molecule has 1 aromatic rings. The van der Waals surface area contributed by atoms with Crippen LogP contribution in [-0.4, -0.2) is 38.8 Å². The lowest BCUT2D eigenvalue weighted by Crippen LogP contribution is -2.30.